The van der Waals surface area contributed by atoms with E-state index in [1.54, 1.807) is 31.2 Å². The molecule has 0 amide bonds. The zero-order chi connectivity index (χ0) is 18.0. The second-order valence-electron chi connectivity index (χ2n) is 5.48. The molecule has 1 unspecified atom stereocenters. The van der Waals surface area contributed by atoms with E-state index in [0.29, 0.717) is 10.9 Å². The Bertz CT molecular complexity index is 983. The maximum absolute atomic E-state index is 13.7. The van der Waals surface area contributed by atoms with Gasteiger partial charge in [-0.1, -0.05) is 29.8 Å². The second-order valence-corrected chi connectivity index (χ2v) is 5.88. The molecular weight excluding hydrogens is 347 g/mol. The second kappa shape index (κ2) is 7.03. The van der Waals surface area contributed by atoms with Gasteiger partial charge in [-0.2, -0.15) is 0 Å². The lowest BCUT2D eigenvalue weighted by molar-refractivity contribution is -0.148. The van der Waals surface area contributed by atoms with Gasteiger partial charge in [-0.25, -0.2) is 9.37 Å². The minimum Gasteiger partial charge on any atom is -0.454 e. The average Bonchev–Trinajstić information content (AvgIpc) is 2.58. The molecule has 3 aromatic rings. The van der Waals surface area contributed by atoms with Gasteiger partial charge in [0.2, 0.25) is 0 Å². The van der Waals surface area contributed by atoms with Crippen molar-refractivity contribution in [3.05, 3.63) is 75.0 Å². The number of aromatic nitrogens is 2. The molecule has 0 saturated heterocycles. The number of halogens is 2. The predicted molar refractivity (Wildman–Crippen MR) is 92.0 cm³/mol. The van der Waals surface area contributed by atoms with Gasteiger partial charge in [-0.05, 0) is 31.2 Å². The largest absolute Gasteiger partial charge is 0.454 e. The van der Waals surface area contributed by atoms with E-state index in [1.165, 1.54) is 18.2 Å². The first-order valence-electron chi connectivity index (χ1n) is 7.57. The summed E-state index contributed by atoms with van der Waals surface area (Å²) >= 11 is 5.91. The Kier molecular flexibility index (Phi) is 4.81. The van der Waals surface area contributed by atoms with Crippen LogP contribution in [0.1, 0.15) is 24.4 Å². The summed E-state index contributed by atoms with van der Waals surface area (Å²) in [6.07, 6.45) is -1.11. The highest BCUT2D eigenvalue weighted by atomic mass is 35.5. The Labute approximate surface area is 147 Å². The van der Waals surface area contributed by atoms with E-state index in [2.05, 4.69) is 9.97 Å². The third kappa shape index (κ3) is 3.69. The number of nitrogens with zero attached hydrogens (tertiary/aromatic N) is 1. The fourth-order valence-corrected chi connectivity index (χ4v) is 2.67. The molecule has 0 fully saturated rings. The van der Waals surface area contributed by atoms with Crippen LogP contribution in [0.2, 0.25) is 5.02 Å². The molecule has 0 radical (unpaired) electrons. The summed E-state index contributed by atoms with van der Waals surface area (Å²) < 4.78 is 19.0. The van der Waals surface area contributed by atoms with Crippen LogP contribution >= 0.6 is 11.6 Å². The average molecular weight is 361 g/mol. The predicted octanol–water partition coefficient (Wildman–Crippen LogP) is 3.56. The number of carbonyl (C=O) groups excluding carboxylic acids is 1. The Morgan fingerprint density at radius 1 is 1.28 bits per heavy atom. The first-order chi connectivity index (χ1) is 12.0. The van der Waals surface area contributed by atoms with Gasteiger partial charge < -0.3 is 9.72 Å². The first-order valence-corrected chi connectivity index (χ1v) is 7.95. The monoisotopic (exact) mass is 360 g/mol. The number of esters is 1. The van der Waals surface area contributed by atoms with Crippen LogP contribution in [0.3, 0.4) is 0 Å². The Balaban J connectivity index is 1.79. The van der Waals surface area contributed by atoms with Gasteiger partial charge in [0.1, 0.15) is 5.82 Å². The fraction of sp³-hybridized carbons (Fsp3) is 0.167. The zero-order valence-electron chi connectivity index (χ0n) is 13.3. The van der Waals surface area contributed by atoms with E-state index >= 15 is 0 Å². The van der Waals surface area contributed by atoms with Crippen LogP contribution in [-0.2, 0) is 16.0 Å². The standard InChI is InChI=1S/C18H14ClFN2O3/c1-10(17-21-15-8-3-2-5-11(15)18(24)22-17)25-16(23)9-12-13(19)6-4-7-14(12)20/h2-8,10H,9H2,1H3,(H,21,22,24). The molecule has 0 bridgehead atoms. The van der Waals surface area contributed by atoms with E-state index in [0.717, 1.165) is 0 Å². The van der Waals surface area contributed by atoms with E-state index in [1.807, 2.05) is 0 Å². The normalized spacial score (nSPS) is 12.1. The highest BCUT2D eigenvalue weighted by molar-refractivity contribution is 6.31. The number of fused-ring (bicyclic) bond motifs is 1. The van der Waals surface area contributed by atoms with E-state index in [4.69, 9.17) is 16.3 Å². The Hall–Kier alpha value is -2.73. The molecule has 25 heavy (non-hydrogen) atoms. The topological polar surface area (TPSA) is 72.0 Å². The molecular formula is C18H14ClFN2O3. The number of nitrogens with one attached hydrogen (secondary N) is 1. The molecule has 1 heterocycles. The Morgan fingerprint density at radius 3 is 2.80 bits per heavy atom. The molecule has 0 aliphatic carbocycles. The quantitative estimate of drug-likeness (QED) is 0.722. The van der Waals surface area contributed by atoms with Crippen LogP contribution in [-0.4, -0.2) is 15.9 Å². The van der Waals surface area contributed by atoms with Crippen molar-refractivity contribution < 1.29 is 13.9 Å². The molecule has 0 aliphatic rings. The molecule has 3 rings (SSSR count). The summed E-state index contributed by atoms with van der Waals surface area (Å²) in [6.45, 7) is 1.58. The van der Waals surface area contributed by atoms with E-state index < -0.39 is 17.9 Å². The van der Waals surface area contributed by atoms with Crippen molar-refractivity contribution in [1.82, 2.24) is 9.97 Å². The smallest absolute Gasteiger partial charge is 0.311 e. The zero-order valence-corrected chi connectivity index (χ0v) is 14.0. The molecule has 0 saturated carbocycles. The number of benzene rings is 2. The van der Waals surface area contributed by atoms with Gasteiger partial charge in [0.25, 0.3) is 5.56 Å². The summed E-state index contributed by atoms with van der Waals surface area (Å²) in [6, 6.07) is 11.0. The number of hydrogen-bond acceptors (Lipinski definition) is 4. The van der Waals surface area contributed by atoms with Crippen molar-refractivity contribution in [2.24, 2.45) is 0 Å². The number of para-hydroxylation sites is 1. The molecule has 1 atom stereocenters. The van der Waals surface area contributed by atoms with Crippen molar-refractivity contribution in [2.75, 3.05) is 0 Å². The third-order valence-electron chi connectivity index (χ3n) is 3.71. The Morgan fingerprint density at radius 2 is 2.04 bits per heavy atom. The summed E-state index contributed by atoms with van der Waals surface area (Å²) in [5, 5.41) is 0.602. The summed E-state index contributed by atoms with van der Waals surface area (Å²) in [4.78, 5) is 31.0. The van der Waals surface area contributed by atoms with Crippen LogP contribution < -0.4 is 5.56 Å². The first kappa shape index (κ1) is 17.1. The molecule has 128 valence electrons. The van der Waals surface area contributed by atoms with Crippen LogP contribution in [0.4, 0.5) is 4.39 Å². The van der Waals surface area contributed by atoms with Crippen LogP contribution in [0, 0.1) is 5.82 Å². The molecule has 7 heteroatoms. The summed E-state index contributed by atoms with van der Waals surface area (Å²) in [7, 11) is 0. The van der Waals surface area contributed by atoms with Crippen molar-refractivity contribution in [3.63, 3.8) is 0 Å². The molecule has 1 N–H and O–H groups in total. The highest BCUT2D eigenvalue weighted by Gasteiger charge is 2.18. The number of carbonyl (C=O) groups is 1. The lowest BCUT2D eigenvalue weighted by atomic mass is 10.1. The number of H-pyrrole nitrogens is 1. The van der Waals surface area contributed by atoms with Crippen molar-refractivity contribution >= 4 is 28.5 Å². The van der Waals surface area contributed by atoms with Gasteiger partial charge in [0.15, 0.2) is 11.9 Å². The van der Waals surface area contributed by atoms with Crippen LogP contribution in [0.25, 0.3) is 10.9 Å². The number of aromatic amines is 1. The molecule has 0 aliphatic heterocycles. The van der Waals surface area contributed by atoms with Gasteiger partial charge in [0.05, 0.1) is 17.3 Å². The lowest BCUT2D eigenvalue weighted by Gasteiger charge is -2.13. The molecule has 2 aromatic carbocycles. The van der Waals surface area contributed by atoms with Gasteiger partial charge in [-0.15, -0.1) is 0 Å². The third-order valence-corrected chi connectivity index (χ3v) is 4.06. The van der Waals surface area contributed by atoms with Crippen molar-refractivity contribution in [1.29, 1.82) is 0 Å². The maximum atomic E-state index is 13.7. The summed E-state index contributed by atoms with van der Waals surface area (Å²) in [5.41, 5.74) is 0.253. The number of ether oxygens (including phenoxy) is 1. The van der Waals surface area contributed by atoms with Gasteiger partial charge in [-0.3, -0.25) is 9.59 Å². The SMILES string of the molecule is CC(OC(=O)Cc1c(F)cccc1Cl)c1nc2ccccc2c(=O)[nH]1. The van der Waals surface area contributed by atoms with Crippen molar-refractivity contribution in [3.8, 4) is 0 Å². The lowest BCUT2D eigenvalue weighted by Crippen LogP contribution is -2.18. The fourth-order valence-electron chi connectivity index (χ4n) is 2.44. The minimum absolute atomic E-state index is 0.0707. The van der Waals surface area contributed by atoms with E-state index in [9.17, 15) is 14.0 Å². The van der Waals surface area contributed by atoms with Crippen LogP contribution in [0.15, 0.2) is 47.3 Å². The van der Waals surface area contributed by atoms with Gasteiger partial charge >= 0.3 is 5.97 Å². The number of hydrogen-bond donors (Lipinski definition) is 1. The highest BCUT2D eigenvalue weighted by Crippen LogP contribution is 2.21. The molecule has 0 spiro atoms. The van der Waals surface area contributed by atoms with Gasteiger partial charge in [0, 0.05) is 10.6 Å². The maximum Gasteiger partial charge on any atom is 0.311 e. The van der Waals surface area contributed by atoms with Crippen LogP contribution in [0.5, 0.6) is 0 Å². The molecule has 5 nitrogen and oxygen atoms in total. The minimum atomic E-state index is -0.796. The van der Waals surface area contributed by atoms with Crippen molar-refractivity contribution in [2.45, 2.75) is 19.4 Å². The summed E-state index contributed by atoms with van der Waals surface area (Å²) in [5.74, 6) is -1.03. The van der Waals surface area contributed by atoms with E-state index in [-0.39, 0.29) is 28.4 Å². The number of rotatable bonds is 4. The molecule has 1 aromatic heterocycles.